The fraction of sp³-hybridized carbons (Fsp3) is 0.240. The van der Waals surface area contributed by atoms with Crippen LogP contribution >= 0.6 is 0 Å². The van der Waals surface area contributed by atoms with Crippen LogP contribution in [0.1, 0.15) is 52.1 Å². The highest BCUT2D eigenvalue weighted by Gasteiger charge is 2.26. The minimum atomic E-state index is -0.506. The highest BCUT2D eigenvalue weighted by Crippen LogP contribution is 2.40. The number of nitriles is 1. The number of nitrogens with zero attached hydrogens (tertiary/aromatic N) is 2. The van der Waals surface area contributed by atoms with Gasteiger partial charge in [0.25, 0.3) is 0 Å². The number of rotatable bonds is 6. The summed E-state index contributed by atoms with van der Waals surface area (Å²) >= 11 is 0. The minimum Gasteiger partial charge on any atom is -0.493 e. The number of benzene rings is 2. The Morgan fingerprint density at radius 3 is 2.71 bits per heavy atom. The highest BCUT2D eigenvalue weighted by molar-refractivity contribution is 6.00. The molecule has 0 aliphatic carbocycles. The summed E-state index contributed by atoms with van der Waals surface area (Å²) in [6.45, 7) is 4.61. The topological polar surface area (TPSA) is 81.4 Å². The first-order valence-corrected chi connectivity index (χ1v) is 10.2. The van der Waals surface area contributed by atoms with Crippen LogP contribution in [0.4, 0.5) is 0 Å². The second kappa shape index (κ2) is 8.88. The average Bonchev–Trinajstić information content (AvgIpc) is 2.80. The van der Waals surface area contributed by atoms with Crippen molar-refractivity contribution in [2.75, 3.05) is 13.2 Å². The Morgan fingerprint density at radius 2 is 1.97 bits per heavy atom. The number of hydrogen-bond donors (Lipinski definition) is 0. The Kier molecular flexibility index (Phi) is 5.85. The first-order valence-electron chi connectivity index (χ1n) is 10.2. The van der Waals surface area contributed by atoms with Gasteiger partial charge in [0.1, 0.15) is 17.2 Å². The zero-order chi connectivity index (χ0) is 21.8. The standard InChI is InChI=1S/C25H22N2O4/c1-3-29-23-14-17(15-26)4-5-20(23)25(18-8-11-27-12-9-18)31-22-7-6-19-21(28)10-13-30-24(19)16(22)2/h4-9,11-12,14,25H,3,10,13H2,1-2H3/t25-/m1/s1. The zero-order valence-corrected chi connectivity index (χ0v) is 17.4. The van der Waals surface area contributed by atoms with Gasteiger partial charge in [-0.1, -0.05) is 0 Å². The second-order valence-electron chi connectivity index (χ2n) is 7.16. The molecule has 4 rings (SSSR count). The molecule has 31 heavy (non-hydrogen) atoms. The van der Waals surface area contributed by atoms with Gasteiger partial charge >= 0.3 is 0 Å². The molecule has 0 saturated heterocycles. The fourth-order valence-corrected chi connectivity index (χ4v) is 3.66. The van der Waals surface area contributed by atoms with Gasteiger partial charge in [0.15, 0.2) is 11.9 Å². The molecule has 1 aromatic heterocycles. The molecule has 0 spiro atoms. The van der Waals surface area contributed by atoms with E-state index in [4.69, 9.17) is 14.2 Å². The number of hydrogen-bond acceptors (Lipinski definition) is 6. The largest absolute Gasteiger partial charge is 0.493 e. The number of carbonyl (C=O) groups excluding carboxylic acids is 1. The Morgan fingerprint density at radius 1 is 1.16 bits per heavy atom. The number of ketones is 1. The van der Waals surface area contributed by atoms with Crippen LogP contribution in [-0.2, 0) is 0 Å². The van der Waals surface area contributed by atoms with Gasteiger partial charge in [0.2, 0.25) is 0 Å². The number of aromatic nitrogens is 1. The molecule has 1 aliphatic rings. The molecule has 0 radical (unpaired) electrons. The molecule has 3 aromatic rings. The van der Waals surface area contributed by atoms with Gasteiger partial charge in [0.05, 0.1) is 30.4 Å². The highest BCUT2D eigenvalue weighted by atomic mass is 16.5. The maximum Gasteiger partial charge on any atom is 0.170 e. The number of Topliss-reactive ketones (excluding diaryl/α,β-unsaturated/α-hetero) is 1. The molecule has 6 nitrogen and oxygen atoms in total. The van der Waals surface area contributed by atoms with E-state index in [0.29, 0.717) is 48.0 Å². The zero-order valence-electron chi connectivity index (χ0n) is 17.4. The summed E-state index contributed by atoms with van der Waals surface area (Å²) in [6.07, 6.45) is 3.29. The van der Waals surface area contributed by atoms with Crippen LogP contribution in [0.15, 0.2) is 54.9 Å². The van der Waals surface area contributed by atoms with E-state index in [2.05, 4.69) is 11.1 Å². The van der Waals surface area contributed by atoms with E-state index in [9.17, 15) is 10.1 Å². The predicted octanol–water partition coefficient (Wildman–Crippen LogP) is 4.79. The van der Waals surface area contributed by atoms with Crippen molar-refractivity contribution >= 4 is 5.78 Å². The molecule has 0 fully saturated rings. The molecule has 1 atom stereocenters. The first-order chi connectivity index (χ1) is 15.1. The summed E-state index contributed by atoms with van der Waals surface area (Å²) in [6, 6.07) is 14.8. The molecule has 2 heterocycles. The van der Waals surface area contributed by atoms with Gasteiger partial charge in [-0.05, 0) is 56.3 Å². The summed E-state index contributed by atoms with van der Waals surface area (Å²) < 4.78 is 18.1. The molecule has 6 heteroatoms. The van der Waals surface area contributed by atoms with Crippen LogP contribution in [-0.4, -0.2) is 24.0 Å². The van der Waals surface area contributed by atoms with Gasteiger partial charge in [-0.2, -0.15) is 5.26 Å². The maximum absolute atomic E-state index is 12.2. The quantitative estimate of drug-likeness (QED) is 0.577. The smallest absolute Gasteiger partial charge is 0.170 e. The fourth-order valence-electron chi connectivity index (χ4n) is 3.66. The van der Waals surface area contributed by atoms with Crippen molar-refractivity contribution in [1.82, 2.24) is 4.98 Å². The lowest BCUT2D eigenvalue weighted by Crippen LogP contribution is -2.17. The van der Waals surface area contributed by atoms with Crippen molar-refractivity contribution in [2.45, 2.75) is 26.4 Å². The third-order valence-electron chi connectivity index (χ3n) is 5.21. The van der Waals surface area contributed by atoms with Gasteiger partial charge in [0, 0.05) is 35.5 Å². The average molecular weight is 414 g/mol. The van der Waals surface area contributed by atoms with E-state index in [1.807, 2.05) is 32.0 Å². The Balaban J connectivity index is 1.80. The molecule has 0 bridgehead atoms. The lowest BCUT2D eigenvalue weighted by molar-refractivity contribution is 0.0932. The SMILES string of the molecule is CCOc1cc(C#N)ccc1[C@H](Oc1ccc2c(c1C)OCCC2=O)c1ccncc1. The number of carbonyl (C=O) groups is 1. The molecule has 156 valence electrons. The van der Waals surface area contributed by atoms with Crippen LogP contribution in [0.25, 0.3) is 0 Å². The molecular formula is C25H22N2O4. The van der Waals surface area contributed by atoms with Crippen molar-refractivity contribution in [3.63, 3.8) is 0 Å². The second-order valence-corrected chi connectivity index (χ2v) is 7.16. The van der Waals surface area contributed by atoms with E-state index >= 15 is 0 Å². The minimum absolute atomic E-state index is 0.0762. The Bertz CT molecular complexity index is 1150. The van der Waals surface area contributed by atoms with Crippen LogP contribution in [0.3, 0.4) is 0 Å². The van der Waals surface area contributed by atoms with Gasteiger partial charge < -0.3 is 14.2 Å². The number of pyridine rings is 1. The van der Waals surface area contributed by atoms with Crippen LogP contribution in [0.2, 0.25) is 0 Å². The molecule has 0 unspecified atom stereocenters. The van der Waals surface area contributed by atoms with E-state index in [1.165, 1.54) is 0 Å². The van der Waals surface area contributed by atoms with Crippen molar-refractivity contribution < 1.29 is 19.0 Å². The molecule has 1 aliphatic heterocycles. The van der Waals surface area contributed by atoms with E-state index < -0.39 is 6.10 Å². The number of fused-ring (bicyclic) bond motifs is 1. The van der Waals surface area contributed by atoms with Crippen molar-refractivity contribution in [3.05, 3.63) is 82.7 Å². The van der Waals surface area contributed by atoms with E-state index in [0.717, 1.165) is 16.7 Å². The van der Waals surface area contributed by atoms with Crippen molar-refractivity contribution in [3.8, 4) is 23.3 Å². The first kappa shape index (κ1) is 20.4. The summed E-state index contributed by atoms with van der Waals surface area (Å²) in [5, 5.41) is 9.30. The van der Waals surface area contributed by atoms with Crippen molar-refractivity contribution in [2.24, 2.45) is 0 Å². The summed E-state index contributed by atoms with van der Waals surface area (Å²) in [7, 11) is 0. The van der Waals surface area contributed by atoms with Crippen LogP contribution in [0, 0.1) is 18.3 Å². The molecule has 0 amide bonds. The van der Waals surface area contributed by atoms with E-state index in [1.54, 1.807) is 36.7 Å². The lowest BCUT2D eigenvalue weighted by atomic mass is 9.98. The normalized spacial score (nSPS) is 13.5. The lowest BCUT2D eigenvalue weighted by Gasteiger charge is -2.25. The van der Waals surface area contributed by atoms with Crippen LogP contribution in [0.5, 0.6) is 17.2 Å². The maximum atomic E-state index is 12.2. The summed E-state index contributed by atoms with van der Waals surface area (Å²) in [5.74, 6) is 1.85. The molecular weight excluding hydrogens is 392 g/mol. The summed E-state index contributed by atoms with van der Waals surface area (Å²) in [4.78, 5) is 16.3. The third kappa shape index (κ3) is 4.08. The Hall–Kier alpha value is -3.85. The molecule has 2 aromatic carbocycles. The molecule has 0 N–H and O–H groups in total. The van der Waals surface area contributed by atoms with Crippen LogP contribution < -0.4 is 14.2 Å². The monoisotopic (exact) mass is 414 g/mol. The Labute approximate surface area is 181 Å². The molecule has 0 saturated carbocycles. The van der Waals surface area contributed by atoms with Crippen molar-refractivity contribution in [1.29, 1.82) is 5.26 Å². The predicted molar refractivity (Wildman–Crippen MR) is 115 cm³/mol. The van der Waals surface area contributed by atoms with Gasteiger partial charge in [-0.15, -0.1) is 0 Å². The van der Waals surface area contributed by atoms with Gasteiger partial charge in [-0.25, -0.2) is 0 Å². The van der Waals surface area contributed by atoms with E-state index in [-0.39, 0.29) is 5.78 Å². The summed E-state index contributed by atoms with van der Waals surface area (Å²) in [5.41, 5.74) is 3.55. The number of ether oxygens (including phenoxy) is 3. The third-order valence-corrected chi connectivity index (χ3v) is 5.21. The van der Waals surface area contributed by atoms with Gasteiger partial charge in [-0.3, -0.25) is 9.78 Å².